The van der Waals surface area contributed by atoms with Crippen molar-refractivity contribution in [2.45, 2.75) is 13.0 Å². The third-order valence-corrected chi connectivity index (χ3v) is 3.10. The molecule has 0 aromatic carbocycles. The third-order valence-electron chi connectivity index (χ3n) is 1.49. The van der Waals surface area contributed by atoms with Crippen LogP contribution in [0.3, 0.4) is 0 Å². The smallest absolute Gasteiger partial charge is 0.321 e. The molecule has 0 aromatic heterocycles. The van der Waals surface area contributed by atoms with E-state index >= 15 is 0 Å². The van der Waals surface area contributed by atoms with Crippen molar-refractivity contribution in [3.8, 4) is 0 Å². The van der Waals surface area contributed by atoms with Crippen molar-refractivity contribution < 1.29 is 22.7 Å². The van der Waals surface area contributed by atoms with Crippen LogP contribution >= 0.6 is 0 Å². The molecule has 1 unspecified atom stereocenters. The van der Waals surface area contributed by atoms with Gasteiger partial charge in [-0.05, 0) is 6.92 Å². The maximum absolute atomic E-state index is 11.4. The Kier molecular flexibility index (Phi) is 6.46. The number of nitrogens with two attached hydrogens (primary N) is 1. The van der Waals surface area contributed by atoms with Crippen LogP contribution in [0, 0.1) is 0 Å². The van der Waals surface area contributed by atoms with Gasteiger partial charge in [-0.25, -0.2) is 8.42 Å². The average Bonchev–Trinajstić information content (AvgIpc) is 2.01. The predicted octanol–water partition coefficient (Wildman–Crippen LogP) is -1.06. The SMILES string of the molecule is CCOC(=O)CS(=O)(=O)CC(N)COC. The topological polar surface area (TPSA) is 95.7 Å². The number of methoxy groups -OCH3 is 1. The summed E-state index contributed by atoms with van der Waals surface area (Å²) in [6, 6.07) is -0.616. The van der Waals surface area contributed by atoms with Gasteiger partial charge in [0.15, 0.2) is 9.84 Å². The molecular weight excluding hydrogens is 222 g/mol. The highest BCUT2D eigenvalue weighted by molar-refractivity contribution is 7.92. The number of rotatable bonds is 7. The molecule has 90 valence electrons. The summed E-state index contributed by atoms with van der Waals surface area (Å²) in [5.74, 6) is -1.65. The lowest BCUT2D eigenvalue weighted by molar-refractivity contribution is -0.139. The van der Waals surface area contributed by atoms with E-state index in [9.17, 15) is 13.2 Å². The van der Waals surface area contributed by atoms with Crippen LogP contribution in [0.1, 0.15) is 6.92 Å². The zero-order valence-electron chi connectivity index (χ0n) is 8.93. The Morgan fingerprint density at radius 3 is 2.53 bits per heavy atom. The Labute approximate surface area is 89.6 Å². The predicted molar refractivity (Wildman–Crippen MR) is 55.1 cm³/mol. The molecule has 0 rings (SSSR count). The van der Waals surface area contributed by atoms with Crippen LogP contribution in [0.2, 0.25) is 0 Å². The van der Waals surface area contributed by atoms with Crippen molar-refractivity contribution in [1.82, 2.24) is 0 Å². The van der Waals surface area contributed by atoms with Crippen LogP contribution < -0.4 is 5.73 Å². The molecule has 0 bridgehead atoms. The van der Waals surface area contributed by atoms with Gasteiger partial charge in [0.2, 0.25) is 0 Å². The zero-order chi connectivity index (χ0) is 11.9. The number of carbonyl (C=O) groups is 1. The number of carbonyl (C=O) groups excluding carboxylic acids is 1. The van der Waals surface area contributed by atoms with Gasteiger partial charge in [0, 0.05) is 13.2 Å². The first-order valence-corrected chi connectivity index (χ1v) is 6.34. The van der Waals surface area contributed by atoms with Gasteiger partial charge in [-0.15, -0.1) is 0 Å². The van der Waals surface area contributed by atoms with Crippen LogP contribution in [0.5, 0.6) is 0 Å². The Balaban J connectivity index is 4.13. The minimum atomic E-state index is -3.50. The minimum Gasteiger partial charge on any atom is -0.465 e. The number of ether oxygens (including phenoxy) is 2. The van der Waals surface area contributed by atoms with Crippen LogP contribution in [0.15, 0.2) is 0 Å². The first-order chi connectivity index (χ1) is 6.91. The van der Waals surface area contributed by atoms with E-state index in [-0.39, 0.29) is 19.0 Å². The van der Waals surface area contributed by atoms with Gasteiger partial charge in [-0.1, -0.05) is 0 Å². The first kappa shape index (κ1) is 14.3. The van der Waals surface area contributed by atoms with Crippen molar-refractivity contribution in [2.24, 2.45) is 5.73 Å². The molecule has 1 atom stereocenters. The molecule has 0 heterocycles. The molecule has 7 heteroatoms. The van der Waals surface area contributed by atoms with Gasteiger partial charge in [-0.2, -0.15) is 0 Å². The molecule has 0 aliphatic carbocycles. The van der Waals surface area contributed by atoms with E-state index in [2.05, 4.69) is 4.74 Å². The van der Waals surface area contributed by atoms with Crippen LogP contribution in [-0.4, -0.2) is 52.3 Å². The molecular formula is C8H17NO5S. The van der Waals surface area contributed by atoms with E-state index in [1.165, 1.54) is 7.11 Å². The lowest BCUT2D eigenvalue weighted by Gasteiger charge is -2.10. The van der Waals surface area contributed by atoms with E-state index in [0.29, 0.717) is 0 Å². The van der Waals surface area contributed by atoms with Gasteiger partial charge in [-0.3, -0.25) is 4.79 Å². The summed E-state index contributed by atoms with van der Waals surface area (Å²) in [7, 11) is -2.08. The molecule has 15 heavy (non-hydrogen) atoms. The zero-order valence-corrected chi connectivity index (χ0v) is 9.75. The van der Waals surface area contributed by atoms with Gasteiger partial charge >= 0.3 is 5.97 Å². The van der Waals surface area contributed by atoms with Gasteiger partial charge in [0.1, 0.15) is 5.75 Å². The number of hydrogen-bond acceptors (Lipinski definition) is 6. The summed E-state index contributed by atoms with van der Waals surface area (Å²) in [6.45, 7) is 1.92. The number of sulfone groups is 1. The molecule has 0 aliphatic heterocycles. The molecule has 2 N–H and O–H groups in total. The van der Waals surface area contributed by atoms with E-state index in [1.54, 1.807) is 6.92 Å². The highest BCUT2D eigenvalue weighted by atomic mass is 32.2. The largest absolute Gasteiger partial charge is 0.465 e. The fraction of sp³-hybridized carbons (Fsp3) is 0.875. The second kappa shape index (κ2) is 6.76. The normalized spacial score (nSPS) is 13.5. The second-order valence-corrected chi connectivity index (χ2v) is 5.18. The molecule has 0 saturated carbocycles. The third kappa shape index (κ3) is 7.29. The summed E-state index contributed by atoms with van der Waals surface area (Å²) in [5.41, 5.74) is 5.46. The highest BCUT2D eigenvalue weighted by Gasteiger charge is 2.20. The molecule has 0 radical (unpaired) electrons. The summed E-state index contributed by atoms with van der Waals surface area (Å²) in [6.07, 6.45) is 0. The minimum absolute atomic E-state index is 0.141. The standard InChI is InChI=1S/C8H17NO5S/c1-3-14-8(10)6-15(11,12)5-7(9)4-13-2/h7H,3-6,9H2,1-2H3. The molecule has 0 fully saturated rings. The lowest BCUT2D eigenvalue weighted by Crippen LogP contribution is -2.36. The van der Waals surface area contributed by atoms with Crippen molar-refractivity contribution in [3.05, 3.63) is 0 Å². The maximum atomic E-state index is 11.4. The summed E-state index contributed by atoms with van der Waals surface area (Å²) in [5, 5.41) is 0. The van der Waals surface area contributed by atoms with Crippen LogP contribution in [0.25, 0.3) is 0 Å². The number of esters is 1. The highest BCUT2D eigenvalue weighted by Crippen LogP contribution is 1.96. The van der Waals surface area contributed by atoms with Crippen molar-refractivity contribution in [1.29, 1.82) is 0 Å². The van der Waals surface area contributed by atoms with E-state index in [1.807, 2.05) is 0 Å². The Hall–Kier alpha value is -0.660. The van der Waals surface area contributed by atoms with E-state index in [0.717, 1.165) is 0 Å². The van der Waals surface area contributed by atoms with Gasteiger partial charge < -0.3 is 15.2 Å². The van der Waals surface area contributed by atoms with E-state index in [4.69, 9.17) is 10.5 Å². The van der Waals surface area contributed by atoms with Gasteiger partial charge in [0.05, 0.1) is 19.0 Å². The first-order valence-electron chi connectivity index (χ1n) is 4.52. The monoisotopic (exact) mass is 239 g/mol. The van der Waals surface area contributed by atoms with Crippen LogP contribution in [0.4, 0.5) is 0 Å². The molecule has 0 aliphatic rings. The second-order valence-electron chi connectivity index (χ2n) is 3.08. The fourth-order valence-electron chi connectivity index (χ4n) is 1.03. The Morgan fingerprint density at radius 2 is 2.07 bits per heavy atom. The molecule has 0 saturated heterocycles. The van der Waals surface area contributed by atoms with Gasteiger partial charge in [0.25, 0.3) is 0 Å². The Bertz CT molecular complexity index is 287. The average molecular weight is 239 g/mol. The van der Waals surface area contributed by atoms with Crippen molar-refractivity contribution in [2.75, 3.05) is 31.8 Å². The lowest BCUT2D eigenvalue weighted by atomic mass is 10.4. The molecule has 0 aromatic rings. The Morgan fingerprint density at radius 1 is 1.47 bits per heavy atom. The summed E-state index contributed by atoms with van der Waals surface area (Å²) >= 11 is 0. The quantitative estimate of drug-likeness (QED) is 0.569. The van der Waals surface area contributed by atoms with Crippen molar-refractivity contribution in [3.63, 3.8) is 0 Å². The van der Waals surface area contributed by atoms with E-state index < -0.39 is 27.6 Å². The summed E-state index contributed by atoms with van der Waals surface area (Å²) in [4.78, 5) is 10.9. The van der Waals surface area contributed by atoms with Crippen molar-refractivity contribution >= 4 is 15.8 Å². The maximum Gasteiger partial charge on any atom is 0.321 e. The molecule has 0 amide bonds. The number of hydrogen-bond donors (Lipinski definition) is 1. The summed E-state index contributed by atoms with van der Waals surface area (Å²) < 4.78 is 32.0. The van der Waals surface area contributed by atoms with Crippen LogP contribution in [-0.2, 0) is 24.1 Å². The fourth-order valence-corrected chi connectivity index (χ4v) is 2.34. The molecule has 0 spiro atoms. The molecule has 6 nitrogen and oxygen atoms in total.